The Balaban J connectivity index is 0.000000150. The summed E-state index contributed by atoms with van der Waals surface area (Å²) in [5.74, 6) is 2.20. The van der Waals surface area contributed by atoms with Gasteiger partial charge in [-0.2, -0.15) is 30.3 Å². The molecule has 1 radical (unpaired) electrons. The SMILES string of the molecule is CC(C)c1cc(-c2ccc3c(c2)oc2ccccc23)cc(C(C)C)c1-n1ccnc1-c1[c-]ccc2c1oc1c3ccc(-c4ccccc4)cc3ccc21.C[n+]1[c-]n(-c2[c-]cccc2)cc1Cc1ccc2c(c1)n1c3c(-c4cc[c-]c(-c5ccccn5)c4)cccc3nc1n2-c1ccccc1.[Ir]. The average molecular weight is 1480 g/mol. The molecule has 0 N–H and O–H groups in total. The van der Waals surface area contributed by atoms with Crippen LogP contribution in [-0.4, -0.2) is 33.1 Å². The van der Waals surface area contributed by atoms with Gasteiger partial charge in [0, 0.05) is 83.5 Å². The molecule has 0 atom stereocenters. The van der Waals surface area contributed by atoms with Crippen molar-refractivity contribution in [2.75, 3.05) is 0 Å². The van der Waals surface area contributed by atoms with Gasteiger partial charge in [0.25, 0.3) is 0 Å². The molecule has 0 aliphatic heterocycles. The Morgan fingerprint density at radius 1 is 0.515 bits per heavy atom. The molecular formula is C90H65IrN8O2-3. The second-order valence-electron chi connectivity index (χ2n) is 26.4. The number of aromatic nitrogens is 8. The van der Waals surface area contributed by atoms with Crippen LogP contribution >= 0.6 is 0 Å². The molecule has 489 valence electrons. The van der Waals surface area contributed by atoms with Crippen molar-refractivity contribution in [1.29, 1.82) is 0 Å². The van der Waals surface area contributed by atoms with Crippen LogP contribution in [0.3, 0.4) is 0 Å². The summed E-state index contributed by atoms with van der Waals surface area (Å²) in [6.07, 6.45) is 12.1. The number of nitrogens with zero attached hydrogens (tertiary/aromatic N) is 8. The fourth-order valence-electron chi connectivity index (χ4n) is 14.6. The van der Waals surface area contributed by atoms with Crippen molar-refractivity contribution in [3.8, 4) is 73.1 Å². The number of furan rings is 2. The topological polar surface area (TPSA) is 88.0 Å². The van der Waals surface area contributed by atoms with E-state index in [1.54, 1.807) is 0 Å². The van der Waals surface area contributed by atoms with Gasteiger partial charge in [0.15, 0.2) is 0 Å². The predicted molar refractivity (Wildman–Crippen MR) is 403 cm³/mol. The van der Waals surface area contributed by atoms with E-state index < -0.39 is 0 Å². The Bertz CT molecular complexity index is 6310. The van der Waals surface area contributed by atoms with Crippen LogP contribution < -0.4 is 4.57 Å². The molecular weight excluding hydrogens is 1420 g/mol. The fraction of sp³-hybridized carbons (Fsp3) is 0.0889. The third-order valence-corrected chi connectivity index (χ3v) is 19.5. The first-order valence-electron chi connectivity index (χ1n) is 34.0. The van der Waals surface area contributed by atoms with E-state index in [0.29, 0.717) is 0 Å². The summed E-state index contributed by atoms with van der Waals surface area (Å²) in [7, 11) is 2.05. The van der Waals surface area contributed by atoms with Crippen LogP contribution in [0.5, 0.6) is 0 Å². The standard InChI is InChI=1S/C49H37N2O2.C41H28N6.Ir/c1-29(2)42-26-35(33-18-21-38-37-13-8-9-16-44(37)52-45(38)28-33)27-43(30(3)4)46(42)51-24-23-50-49(51)41-15-10-14-39-40-22-19-34-25-32(31-11-6-5-7-12-31)17-20-36(34)47(40)53-48(39)41;1-44-28-45(32-14-4-2-5-15-32)27-34(44)24-29-21-22-38-39(25-29)47-40-35(30-12-10-13-31(26-30)36-19-8-9-23-42-36)18-11-20-37(40)43-41(47)46(38)33-16-6-3-7-17-33;/h5-14,16-30H,1-4H3;2-12,14,16-23,25-27H,24H2,1H3;/q-1;-2;. The molecule has 19 rings (SSSR count). The number of para-hydroxylation sites is 4. The van der Waals surface area contributed by atoms with Gasteiger partial charge in [-0.05, 0) is 147 Å². The Kier molecular flexibility index (Phi) is 15.9. The zero-order valence-corrected chi connectivity index (χ0v) is 58.5. The van der Waals surface area contributed by atoms with Gasteiger partial charge in [-0.3, -0.25) is 14.0 Å². The Labute approximate surface area is 597 Å². The van der Waals surface area contributed by atoms with Crippen LogP contribution in [0.4, 0.5) is 0 Å². The zero-order chi connectivity index (χ0) is 67.1. The summed E-state index contributed by atoms with van der Waals surface area (Å²) in [6.45, 7) is 9.08. The maximum absolute atomic E-state index is 6.85. The number of pyridine rings is 1. The fourth-order valence-corrected chi connectivity index (χ4v) is 14.6. The molecule has 0 bridgehead atoms. The molecule has 19 aromatic rings. The van der Waals surface area contributed by atoms with Crippen LogP contribution in [0.25, 0.3) is 156 Å². The molecule has 10 nitrogen and oxygen atoms in total. The van der Waals surface area contributed by atoms with Gasteiger partial charge in [0.2, 0.25) is 12.1 Å². The molecule has 7 heterocycles. The average Bonchev–Trinajstić information content (AvgIpc) is 1.58. The predicted octanol–water partition coefficient (Wildman–Crippen LogP) is 21.6. The minimum atomic E-state index is 0. The molecule has 0 unspecified atom stereocenters. The molecule has 11 heteroatoms. The third-order valence-electron chi connectivity index (χ3n) is 19.5. The van der Waals surface area contributed by atoms with E-state index >= 15 is 0 Å². The molecule has 7 aromatic heterocycles. The van der Waals surface area contributed by atoms with E-state index in [0.717, 1.165) is 151 Å². The first kappa shape index (κ1) is 62.5. The number of fused-ring (bicyclic) bond motifs is 13. The minimum absolute atomic E-state index is 0. The van der Waals surface area contributed by atoms with Crippen molar-refractivity contribution < 1.29 is 33.5 Å². The molecule has 0 aliphatic rings. The smallest absolute Gasteiger partial charge is 0.241 e. The number of imidazole rings is 4. The van der Waals surface area contributed by atoms with Crippen molar-refractivity contribution in [2.45, 2.75) is 46.0 Å². The second kappa shape index (κ2) is 25.7. The zero-order valence-electron chi connectivity index (χ0n) is 56.1. The van der Waals surface area contributed by atoms with E-state index in [-0.39, 0.29) is 31.9 Å². The summed E-state index contributed by atoms with van der Waals surface area (Å²) < 4.78 is 24.0. The van der Waals surface area contributed by atoms with Gasteiger partial charge < -0.3 is 27.5 Å². The molecule has 0 saturated heterocycles. The summed E-state index contributed by atoms with van der Waals surface area (Å²) in [5, 5.41) is 6.66. The van der Waals surface area contributed by atoms with Crippen molar-refractivity contribution >= 4 is 82.5 Å². The monoisotopic (exact) mass is 1480 g/mol. The number of benzene rings is 12. The first-order valence-corrected chi connectivity index (χ1v) is 34.0. The largest absolute Gasteiger partial charge is 0.500 e. The number of hydrogen-bond donors (Lipinski definition) is 0. The summed E-state index contributed by atoms with van der Waals surface area (Å²) in [5.41, 5.74) is 25.4. The summed E-state index contributed by atoms with van der Waals surface area (Å²) in [4.78, 5) is 14.8. The maximum Gasteiger partial charge on any atom is 0.241 e. The van der Waals surface area contributed by atoms with Crippen LogP contribution in [0.1, 0.15) is 61.9 Å². The van der Waals surface area contributed by atoms with E-state index in [9.17, 15) is 0 Å². The van der Waals surface area contributed by atoms with Gasteiger partial charge in [0.05, 0.1) is 40.5 Å². The molecule has 0 fully saturated rings. The van der Waals surface area contributed by atoms with E-state index in [1.807, 2.05) is 96.8 Å². The molecule has 0 spiro atoms. The van der Waals surface area contributed by atoms with Crippen molar-refractivity contribution in [2.24, 2.45) is 7.05 Å². The van der Waals surface area contributed by atoms with Gasteiger partial charge in [-0.15, -0.1) is 48.0 Å². The van der Waals surface area contributed by atoms with E-state index in [1.165, 1.54) is 33.4 Å². The van der Waals surface area contributed by atoms with Gasteiger partial charge in [-0.1, -0.05) is 177 Å². The number of rotatable bonds is 12. The van der Waals surface area contributed by atoms with Gasteiger partial charge in [0.1, 0.15) is 16.7 Å². The quantitative estimate of drug-likeness (QED) is 0.0898. The van der Waals surface area contributed by atoms with E-state index in [2.05, 4.69) is 270 Å². The van der Waals surface area contributed by atoms with Crippen LogP contribution in [-0.2, 0) is 33.6 Å². The normalized spacial score (nSPS) is 11.8. The van der Waals surface area contributed by atoms with Gasteiger partial charge in [-0.25, -0.2) is 4.98 Å². The third kappa shape index (κ3) is 11.0. The minimum Gasteiger partial charge on any atom is -0.500 e. The Hall–Kier alpha value is -12.0. The summed E-state index contributed by atoms with van der Waals surface area (Å²) in [6, 6.07) is 99.2. The van der Waals surface area contributed by atoms with Crippen molar-refractivity contribution in [3.63, 3.8) is 0 Å². The Morgan fingerprint density at radius 2 is 1.26 bits per heavy atom. The summed E-state index contributed by atoms with van der Waals surface area (Å²) >= 11 is 0. The molecule has 0 amide bonds. The second-order valence-corrected chi connectivity index (χ2v) is 26.4. The first-order chi connectivity index (χ1) is 49.1. The van der Waals surface area contributed by atoms with E-state index in [4.69, 9.17) is 18.8 Å². The molecule has 12 aromatic carbocycles. The van der Waals surface area contributed by atoms with Crippen LogP contribution in [0.2, 0.25) is 0 Å². The van der Waals surface area contributed by atoms with Crippen LogP contribution in [0.15, 0.2) is 288 Å². The number of aryl methyl sites for hydroxylation is 1. The Morgan fingerprint density at radius 3 is 2.06 bits per heavy atom. The van der Waals surface area contributed by atoms with Crippen molar-refractivity contribution in [1.82, 2.24) is 33.1 Å². The maximum atomic E-state index is 6.85. The molecule has 0 saturated carbocycles. The molecule has 101 heavy (non-hydrogen) atoms. The molecule has 0 aliphatic carbocycles. The van der Waals surface area contributed by atoms with Crippen molar-refractivity contribution in [3.05, 3.63) is 326 Å². The van der Waals surface area contributed by atoms with Gasteiger partial charge >= 0.3 is 0 Å². The van der Waals surface area contributed by atoms with Crippen LogP contribution in [0, 0.1) is 24.5 Å². The number of hydrogen-bond acceptors (Lipinski definition) is 5.